The lowest BCUT2D eigenvalue weighted by Crippen LogP contribution is -2.12. The molecule has 0 spiro atoms. The summed E-state index contributed by atoms with van der Waals surface area (Å²) >= 11 is 0. The van der Waals surface area contributed by atoms with Crippen LogP contribution in [0.4, 0.5) is 0 Å². The van der Waals surface area contributed by atoms with Crippen molar-refractivity contribution < 1.29 is 0 Å². The van der Waals surface area contributed by atoms with Crippen LogP contribution in [-0.2, 0) is 6.42 Å². The maximum Gasteiger partial charge on any atom is 0.0865 e. The fraction of sp³-hybridized carbons (Fsp3) is 0.114. The predicted molar refractivity (Wildman–Crippen MR) is 213 cm³/mol. The van der Waals surface area contributed by atoms with Gasteiger partial charge in [0.15, 0.2) is 0 Å². The average molecular weight is 644 g/mol. The molecule has 0 unspecified atom stereocenters. The van der Waals surface area contributed by atoms with E-state index >= 15 is 0 Å². The van der Waals surface area contributed by atoms with Gasteiger partial charge < -0.3 is 21.4 Å². The van der Waals surface area contributed by atoms with Crippen LogP contribution in [0.5, 0.6) is 0 Å². The quantitative estimate of drug-likeness (QED) is 0.0831. The average Bonchev–Trinajstić information content (AvgIpc) is 3.45. The van der Waals surface area contributed by atoms with Gasteiger partial charge in [-0.25, -0.2) is 4.98 Å². The molecule has 0 aliphatic rings. The second kappa shape index (κ2) is 16.7. The van der Waals surface area contributed by atoms with E-state index in [9.17, 15) is 0 Å². The molecule has 3 aromatic carbocycles. The van der Waals surface area contributed by atoms with Gasteiger partial charge in [0.25, 0.3) is 0 Å². The van der Waals surface area contributed by atoms with Crippen molar-refractivity contribution in [1.29, 1.82) is 0 Å². The number of nitrogens with two attached hydrogens (primary N) is 2. The summed E-state index contributed by atoms with van der Waals surface area (Å²) in [5.41, 5.74) is 22.8. The standard InChI is InChI=1S/C44H45N5/c1-5-18-36-35(7-3)44-37-27-26-32(19-14-15-21-33(46)20-11-10-16-28-45)30-42(37)49(34-22-12-9-13-23-34)43(44)31-38(36)40-24-17-25-41(48-40)39(8-4)47-29-6-2/h5-18,21-28,30-31,47H,2-3,19-20,29,45-46H2,1,4H3/b11-10-,15-14-,18-5-,28-16-,33-21-,39-8-. The predicted octanol–water partition coefficient (Wildman–Crippen LogP) is 10.0. The summed E-state index contributed by atoms with van der Waals surface area (Å²) < 4.78 is 2.36. The van der Waals surface area contributed by atoms with Gasteiger partial charge in [0.1, 0.15) is 0 Å². The minimum absolute atomic E-state index is 0.660. The molecule has 0 saturated heterocycles. The zero-order valence-corrected chi connectivity index (χ0v) is 28.4. The highest BCUT2D eigenvalue weighted by Crippen LogP contribution is 2.41. The Labute approximate surface area is 290 Å². The molecule has 5 aromatic rings. The van der Waals surface area contributed by atoms with Crippen LogP contribution < -0.4 is 16.8 Å². The molecule has 49 heavy (non-hydrogen) atoms. The Morgan fingerprint density at radius 2 is 1.73 bits per heavy atom. The minimum Gasteiger partial charge on any atom is -0.405 e. The van der Waals surface area contributed by atoms with Crippen molar-refractivity contribution in [3.63, 3.8) is 0 Å². The van der Waals surface area contributed by atoms with Crippen molar-refractivity contribution in [3.8, 4) is 16.9 Å². The van der Waals surface area contributed by atoms with Crippen molar-refractivity contribution in [2.45, 2.75) is 26.7 Å². The minimum atomic E-state index is 0.660. The Balaban J connectivity index is 1.69. The lowest BCUT2D eigenvalue weighted by atomic mass is 9.93. The van der Waals surface area contributed by atoms with Gasteiger partial charge in [-0.1, -0.05) is 97.7 Å². The number of rotatable bonds is 14. The molecule has 5 nitrogen and oxygen atoms in total. The molecular formula is C44H45N5. The first-order valence-corrected chi connectivity index (χ1v) is 16.6. The van der Waals surface area contributed by atoms with E-state index in [1.165, 1.54) is 22.5 Å². The van der Waals surface area contributed by atoms with Gasteiger partial charge in [-0.15, -0.1) is 6.58 Å². The summed E-state index contributed by atoms with van der Waals surface area (Å²) in [5, 5.41) is 5.76. The monoisotopic (exact) mass is 643 g/mol. The second-order valence-electron chi connectivity index (χ2n) is 11.5. The van der Waals surface area contributed by atoms with Crippen LogP contribution in [0.25, 0.3) is 56.6 Å². The van der Waals surface area contributed by atoms with Gasteiger partial charge in [-0.3, -0.25) is 0 Å². The van der Waals surface area contributed by atoms with Crippen LogP contribution in [-0.4, -0.2) is 16.1 Å². The van der Waals surface area contributed by atoms with E-state index in [4.69, 9.17) is 16.5 Å². The molecular weight excluding hydrogens is 599 g/mol. The van der Waals surface area contributed by atoms with Gasteiger partial charge in [-0.05, 0) is 91.7 Å². The molecule has 2 aromatic heterocycles. The lowest BCUT2D eigenvalue weighted by Gasteiger charge is -2.15. The number of hydrogen-bond acceptors (Lipinski definition) is 4. The van der Waals surface area contributed by atoms with E-state index in [2.05, 4.69) is 108 Å². The molecule has 5 rings (SSSR count). The number of allylic oxidation sites excluding steroid dienone is 8. The third kappa shape index (κ3) is 7.74. The molecule has 0 atom stereocenters. The number of hydrogen-bond donors (Lipinski definition) is 3. The van der Waals surface area contributed by atoms with E-state index in [0.29, 0.717) is 13.0 Å². The van der Waals surface area contributed by atoms with Crippen molar-refractivity contribution in [3.05, 3.63) is 175 Å². The van der Waals surface area contributed by atoms with E-state index in [1.54, 1.807) is 6.08 Å². The molecule has 0 saturated carbocycles. The highest BCUT2D eigenvalue weighted by Gasteiger charge is 2.20. The van der Waals surface area contributed by atoms with Crippen LogP contribution in [0.2, 0.25) is 0 Å². The normalized spacial score (nSPS) is 12.8. The Bertz CT molecular complexity index is 2140. The smallest absolute Gasteiger partial charge is 0.0865 e. The number of pyridine rings is 1. The van der Waals surface area contributed by atoms with Gasteiger partial charge in [-0.2, -0.15) is 0 Å². The first-order valence-electron chi connectivity index (χ1n) is 16.6. The molecule has 0 radical (unpaired) electrons. The van der Waals surface area contributed by atoms with E-state index < -0.39 is 0 Å². The molecule has 0 aliphatic heterocycles. The van der Waals surface area contributed by atoms with Crippen LogP contribution in [0.1, 0.15) is 42.7 Å². The molecule has 5 N–H and O–H groups in total. The van der Waals surface area contributed by atoms with E-state index in [-0.39, 0.29) is 0 Å². The van der Waals surface area contributed by atoms with Crippen molar-refractivity contribution in [2.24, 2.45) is 11.5 Å². The molecule has 0 bridgehead atoms. The van der Waals surface area contributed by atoms with Crippen LogP contribution in [0.3, 0.4) is 0 Å². The zero-order valence-electron chi connectivity index (χ0n) is 28.4. The van der Waals surface area contributed by atoms with Gasteiger partial charge in [0.2, 0.25) is 0 Å². The van der Waals surface area contributed by atoms with Crippen LogP contribution >= 0.6 is 0 Å². The van der Waals surface area contributed by atoms with Crippen molar-refractivity contribution in [2.75, 3.05) is 6.54 Å². The largest absolute Gasteiger partial charge is 0.405 e. The number of nitrogens with zero attached hydrogens (tertiary/aromatic N) is 2. The highest BCUT2D eigenvalue weighted by molar-refractivity contribution is 6.15. The van der Waals surface area contributed by atoms with Crippen molar-refractivity contribution in [1.82, 2.24) is 14.9 Å². The summed E-state index contributed by atoms with van der Waals surface area (Å²) in [6.45, 7) is 12.9. The molecule has 0 aliphatic carbocycles. The number of benzene rings is 3. The molecule has 0 amide bonds. The zero-order chi connectivity index (χ0) is 34.6. The van der Waals surface area contributed by atoms with Gasteiger partial charge >= 0.3 is 0 Å². The molecule has 246 valence electrons. The second-order valence-corrected chi connectivity index (χ2v) is 11.5. The third-order valence-electron chi connectivity index (χ3n) is 8.29. The van der Waals surface area contributed by atoms with Crippen LogP contribution in [0.15, 0.2) is 153 Å². The lowest BCUT2D eigenvalue weighted by molar-refractivity contribution is 0.993. The SMILES string of the molecule is C=CCN/C(=C\C)c1cccc(-c2cc3c(c(C=C)c2/C=C\C)c2ccc(C/C=C\C=C(/N)C/C=C\C=C/N)cc2n3-c2ccccc2)n1. The fourth-order valence-electron chi connectivity index (χ4n) is 6.09. The number of fused-ring (bicyclic) bond motifs is 3. The van der Waals surface area contributed by atoms with Crippen LogP contribution in [0, 0.1) is 0 Å². The fourth-order valence-corrected chi connectivity index (χ4v) is 6.09. The van der Waals surface area contributed by atoms with Crippen molar-refractivity contribution >= 4 is 39.7 Å². The first kappa shape index (κ1) is 34.3. The topological polar surface area (TPSA) is 81.9 Å². The third-order valence-corrected chi connectivity index (χ3v) is 8.29. The summed E-state index contributed by atoms with van der Waals surface area (Å²) in [4.78, 5) is 5.17. The maximum atomic E-state index is 6.17. The number of nitrogens with one attached hydrogen (secondary N) is 1. The summed E-state index contributed by atoms with van der Waals surface area (Å²) in [6.07, 6.45) is 24.9. The molecule has 0 fully saturated rings. The number of aromatic nitrogens is 2. The Kier molecular flexibility index (Phi) is 11.7. The Hall–Kier alpha value is -6.07. The van der Waals surface area contributed by atoms with E-state index in [0.717, 1.165) is 62.6 Å². The van der Waals surface area contributed by atoms with Gasteiger partial charge in [0, 0.05) is 40.7 Å². The summed E-state index contributed by atoms with van der Waals surface area (Å²) in [7, 11) is 0. The summed E-state index contributed by atoms with van der Waals surface area (Å²) in [5.74, 6) is 0. The summed E-state index contributed by atoms with van der Waals surface area (Å²) in [6, 6.07) is 25.8. The highest BCUT2D eigenvalue weighted by atomic mass is 15.0. The number of para-hydroxylation sites is 1. The Morgan fingerprint density at radius 3 is 2.47 bits per heavy atom. The van der Waals surface area contributed by atoms with Gasteiger partial charge in [0.05, 0.1) is 28.1 Å². The first-order chi connectivity index (χ1) is 24.0. The molecule has 2 heterocycles. The Morgan fingerprint density at radius 1 is 0.898 bits per heavy atom. The molecule has 5 heteroatoms. The maximum absolute atomic E-state index is 6.17. The van der Waals surface area contributed by atoms with E-state index in [1.807, 2.05) is 62.4 Å².